The van der Waals surface area contributed by atoms with Crippen LogP contribution in [0.1, 0.15) is 16.1 Å². The molecule has 0 aliphatic carbocycles. The Labute approximate surface area is 174 Å². The van der Waals surface area contributed by atoms with Crippen LogP contribution in [0.4, 0.5) is 0 Å². The Bertz CT molecular complexity index is 1130. The van der Waals surface area contributed by atoms with E-state index < -0.39 is 0 Å². The van der Waals surface area contributed by atoms with E-state index in [2.05, 4.69) is 17.2 Å². The van der Waals surface area contributed by atoms with Gasteiger partial charge in [0.15, 0.2) is 0 Å². The van der Waals surface area contributed by atoms with Crippen molar-refractivity contribution in [3.63, 3.8) is 0 Å². The molecule has 1 aromatic heterocycles. The van der Waals surface area contributed by atoms with Gasteiger partial charge in [0.1, 0.15) is 0 Å². The number of carbonyl (C=O) groups excluding carboxylic acids is 1. The Morgan fingerprint density at radius 2 is 1.45 bits per heavy atom. The first-order chi connectivity index (χ1) is 14.2. The summed E-state index contributed by atoms with van der Waals surface area (Å²) in [6, 6.07) is 29.9. The lowest BCUT2D eigenvalue weighted by molar-refractivity contribution is 0.0956. The molecule has 142 valence electrons. The van der Waals surface area contributed by atoms with Crippen LogP contribution in [0.2, 0.25) is 0 Å². The molecule has 3 aromatic carbocycles. The van der Waals surface area contributed by atoms with Crippen LogP contribution in [0.25, 0.3) is 17.3 Å². The molecule has 0 aliphatic heterocycles. The van der Waals surface area contributed by atoms with E-state index in [-0.39, 0.29) is 5.91 Å². The molecule has 0 N–H and O–H groups in total. The minimum atomic E-state index is -0.171. The van der Waals surface area contributed by atoms with Crippen molar-refractivity contribution in [2.75, 3.05) is 0 Å². The zero-order chi connectivity index (χ0) is 20.1. The Morgan fingerprint density at radius 1 is 0.862 bits per heavy atom. The van der Waals surface area contributed by atoms with Crippen molar-refractivity contribution in [2.45, 2.75) is 16.7 Å². The van der Waals surface area contributed by atoms with Gasteiger partial charge in [-0.1, -0.05) is 90.6 Å². The fourth-order valence-electron chi connectivity index (χ4n) is 3.05. The van der Waals surface area contributed by atoms with Crippen molar-refractivity contribution in [3.05, 3.63) is 108 Å². The molecule has 0 spiro atoms. The molecule has 0 unspecified atom stereocenters. The second-order valence-corrected chi connectivity index (χ2v) is 7.62. The van der Waals surface area contributed by atoms with Crippen LogP contribution in [0.5, 0.6) is 0 Å². The molecule has 0 radical (unpaired) electrons. The van der Waals surface area contributed by atoms with Gasteiger partial charge in [0.2, 0.25) is 0 Å². The van der Waals surface area contributed by atoms with Crippen molar-refractivity contribution in [1.82, 2.24) is 9.78 Å². The number of hydrogen-bond donors (Lipinski definition) is 0. The van der Waals surface area contributed by atoms with E-state index >= 15 is 0 Å². The molecule has 0 atom stereocenters. The lowest BCUT2D eigenvalue weighted by Gasteiger charge is -2.08. The van der Waals surface area contributed by atoms with Crippen molar-refractivity contribution in [1.29, 1.82) is 0 Å². The molecule has 4 heteroatoms. The second kappa shape index (κ2) is 8.76. The van der Waals surface area contributed by atoms with Gasteiger partial charge >= 0.3 is 0 Å². The molecule has 0 amide bonds. The Hall–Kier alpha value is -3.37. The van der Waals surface area contributed by atoms with Crippen LogP contribution in [-0.2, 0) is 0 Å². The average molecular weight is 397 g/mol. The van der Waals surface area contributed by atoms with Crippen LogP contribution >= 0.6 is 11.8 Å². The standard InChI is InChI=1S/C25H20N2OS/c1-19-25(29-22-15-9-4-10-16-22)24(21-13-7-3-8-14-21)27(26-19)23(28)18-17-20-11-5-2-6-12-20/h2-18H,1H3. The summed E-state index contributed by atoms with van der Waals surface area (Å²) in [4.78, 5) is 15.1. The van der Waals surface area contributed by atoms with Gasteiger partial charge < -0.3 is 0 Å². The van der Waals surface area contributed by atoms with Gasteiger partial charge in [-0.05, 0) is 30.7 Å². The fraction of sp³-hybridized carbons (Fsp3) is 0.0400. The first-order valence-corrected chi connectivity index (χ1v) is 10.2. The quantitative estimate of drug-likeness (QED) is 0.368. The highest BCUT2D eigenvalue weighted by Crippen LogP contribution is 2.38. The molecule has 3 nitrogen and oxygen atoms in total. The summed E-state index contributed by atoms with van der Waals surface area (Å²) in [5.74, 6) is -0.171. The predicted octanol–water partition coefficient (Wildman–Crippen LogP) is 6.36. The van der Waals surface area contributed by atoms with Crippen molar-refractivity contribution >= 4 is 23.7 Å². The highest BCUT2D eigenvalue weighted by molar-refractivity contribution is 7.99. The predicted molar refractivity (Wildman–Crippen MR) is 119 cm³/mol. The van der Waals surface area contributed by atoms with Gasteiger partial charge in [-0.15, -0.1) is 0 Å². The van der Waals surface area contributed by atoms with E-state index in [1.807, 2.05) is 91.9 Å². The maximum absolute atomic E-state index is 13.0. The van der Waals surface area contributed by atoms with Gasteiger partial charge in [0, 0.05) is 16.5 Å². The molecule has 29 heavy (non-hydrogen) atoms. The zero-order valence-corrected chi connectivity index (χ0v) is 16.8. The van der Waals surface area contributed by atoms with Crippen LogP contribution in [0, 0.1) is 6.92 Å². The lowest BCUT2D eigenvalue weighted by atomic mass is 10.1. The summed E-state index contributed by atoms with van der Waals surface area (Å²) < 4.78 is 1.51. The smallest absolute Gasteiger partial charge is 0.267 e. The van der Waals surface area contributed by atoms with Gasteiger partial charge in [0.05, 0.1) is 16.3 Å². The molecule has 0 saturated heterocycles. The number of nitrogens with zero attached hydrogens (tertiary/aromatic N) is 2. The summed E-state index contributed by atoms with van der Waals surface area (Å²) in [6.07, 6.45) is 3.39. The van der Waals surface area contributed by atoms with E-state index in [0.29, 0.717) is 0 Å². The summed E-state index contributed by atoms with van der Waals surface area (Å²) in [5, 5.41) is 4.59. The summed E-state index contributed by atoms with van der Waals surface area (Å²) in [7, 11) is 0. The molecular weight excluding hydrogens is 376 g/mol. The summed E-state index contributed by atoms with van der Waals surface area (Å²) in [6.45, 7) is 1.95. The highest BCUT2D eigenvalue weighted by atomic mass is 32.2. The van der Waals surface area contributed by atoms with Crippen LogP contribution in [-0.4, -0.2) is 15.7 Å². The van der Waals surface area contributed by atoms with E-state index in [0.717, 1.165) is 32.3 Å². The van der Waals surface area contributed by atoms with Crippen LogP contribution < -0.4 is 0 Å². The highest BCUT2D eigenvalue weighted by Gasteiger charge is 2.21. The zero-order valence-electron chi connectivity index (χ0n) is 16.0. The van der Waals surface area contributed by atoms with Gasteiger partial charge in [0.25, 0.3) is 5.91 Å². The third kappa shape index (κ3) is 4.39. The average Bonchev–Trinajstić information content (AvgIpc) is 3.10. The van der Waals surface area contributed by atoms with Gasteiger partial charge in [-0.2, -0.15) is 9.78 Å². The summed E-state index contributed by atoms with van der Waals surface area (Å²) in [5.41, 5.74) is 3.59. The Balaban J connectivity index is 1.76. The SMILES string of the molecule is Cc1nn(C(=O)C=Cc2ccccc2)c(-c2ccccc2)c1Sc1ccccc1. The number of carbonyl (C=O) groups is 1. The van der Waals surface area contributed by atoms with Gasteiger partial charge in [-0.3, -0.25) is 4.79 Å². The second-order valence-electron chi connectivity index (χ2n) is 6.54. The van der Waals surface area contributed by atoms with E-state index in [1.165, 1.54) is 4.68 Å². The van der Waals surface area contributed by atoms with Gasteiger partial charge in [-0.25, -0.2) is 0 Å². The monoisotopic (exact) mass is 396 g/mol. The Kier molecular flexibility index (Phi) is 5.73. The number of aromatic nitrogens is 2. The van der Waals surface area contributed by atoms with E-state index in [4.69, 9.17) is 0 Å². The van der Waals surface area contributed by atoms with E-state index in [9.17, 15) is 4.79 Å². The molecule has 0 aliphatic rings. The normalized spacial score (nSPS) is 11.1. The van der Waals surface area contributed by atoms with Crippen molar-refractivity contribution < 1.29 is 4.79 Å². The third-order valence-electron chi connectivity index (χ3n) is 4.44. The number of allylic oxidation sites excluding steroid dienone is 1. The van der Waals surface area contributed by atoms with Crippen LogP contribution in [0.15, 0.2) is 107 Å². The van der Waals surface area contributed by atoms with Crippen molar-refractivity contribution in [2.24, 2.45) is 0 Å². The molecule has 4 aromatic rings. The fourth-order valence-corrected chi connectivity index (χ4v) is 4.07. The minimum absolute atomic E-state index is 0.171. The topological polar surface area (TPSA) is 34.9 Å². The third-order valence-corrected chi connectivity index (χ3v) is 5.64. The first kappa shape index (κ1) is 19.0. The number of rotatable bonds is 5. The number of aryl methyl sites for hydroxylation is 1. The maximum Gasteiger partial charge on any atom is 0.271 e. The molecule has 0 bridgehead atoms. The molecular formula is C25H20N2OS. The Morgan fingerprint density at radius 3 is 2.10 bits per heavy atom. The van der Waals surface area contributed by atoms with Crippen LogP contribution in [0.3, 0.4) is 0 Å². The molecule has 1 heterocycles. The van der Waals surface area contributed by atoms with Crippen molar-refractivity contribution in [3.8, 4) is 11.3 Å². The molecule has 0 fully saturated rings. The molecule has 0 saturated carbocycles. The largest absolute Gasteiger partial charge is 0.271 e. The lowest BCUT2D eigenvalue weighted by Crippen LogP contribution is -2.11. The number of benzene rings is 3. The summed E-state index contributed by atoms with van der Waals surface area (Å²) >= 11 is 1.63. The first-order valence-electron chi connectivity index (χ1n) is 9.38. The molecule has 4 rings (SSSR count). The van der Waals surface area contributed by atoms with E-state index in [1.54, 1.807) is 17.8 Å². The number of hydrogen-bond acceptors (Lipinski definition) is 3. The minimum Gasteiger partial charge on any atom is -0.267 e. The maximum atomic E-state index is 13.0.